The molecule has 0 saturated carbocycles. The van der Waals surface area contributed by atoms with Gasteiger partial charge in [0.15, 0.2) is 0 Å². The Bertz CT molecular complexity index is 586. The van der Waals surface area contributed by atoms with E-state index in [2.05, 4.69) is 5.32 Å². The van der Waals surface area contributed by atoms with Crippen molar-refractivity contribution in [3.63, 3.8) is 0 Å². The zero-order valence-corrected chi connectivity index (χ0v) is 11.2. The van der Waals surface area contributed by atoms with Crippen LogP contribution in [0.25, 0.3) is 9.40 Å². The van der Waals surface area contributed by atoms with Gasteiger partial charge in [-0.3, -0.25) is 0 Å². The van der Waals surface area contributed by atoms with Gasteiger partial charge in [-0.1, -0.05) is 0 Å². The largest absolute Gasteiger partial charge is 0.309 e. The van der Waals surface area contributed by atoms with Gasteiger partial charge in [0, 0.05) is 23.4 Å². The maximum Gasteiger partial charge on any atom is 0.247 e. The zero-order chi connectivity index (χ0) is 12.5. The average Bonchev–Trinajstić information content (AvgIpc) is 2.74. The van der Waals surface area contributed by atoms with Crippen LogP contribution in [0, 0.1) is 0 Å². The lowest BCUT2D eigenvalue weighted by Crippen LogP contribution is -2.14. The Hall–Kier alpha value is -0.540. The first-order valence-corrected chi connectivity index (χ1v) is 8.00. The molecule has 0 fully saturated rings. The van der Waals surface area contributed by atoms with Gasteiger partial charge in [0.25, 0.3) is 0 Å². The number of thiophene rings is 2. The van der Waals surface area contributed by atoms with Crippen LogP contribution >= 0.6 is 22.7 Å². The first-order valence-electron chi connectivity index (χ1n) is 4.82. The lowest BCUT2D eigenvalue weighted by molar-refractivity contribution is 0.467. The number of hydrogen-bond donors (Lipinski definition) is 2. The van der Waals surface area contributed by atoms with E-state index in [4.69, 9.17) is 5.14 Å². The normalized spacial score (nSPS) is 12.4. The van der Waals surface area contributed by atoms with Crippen LogP contribution in [0.4, 0.5) is 4.39 Å². The van der Waals surface area contributed by atoms with Crippen molar-refractivity contribution in [3.05, 3.63) is 17.0 Å². The maximum absolute atomic E-state index is 11.9. The van der Waals surface area contributed by atoms with Gasteiger partial charge in [-0.05, 0) is 12.1 Å². The molecule has 0 aliphatic rings. The quantitative estimate of drug-likeness (QED) is 0.824. The van der Waals surface area contributed by atoms with Gasteiger partial charge in [0.2, 0.25) is 10.0 Å². The van der Waals surface area contributed by atoms with E-state index in [9.17, 15) is 12.8 Å². The van der Waals surface area contributed by atoms with Crippen LogP contribution in [0.2, 0.25) is 0 Å². The standard InChI is InChI=1S/C9H11FN2O2S3/c10-1-2-12-5-7-3-6-4-8(17(11,13)14)16-9(6)15-7/h3-4,12H,1-2,5H2,(H2,11,13,14). The van der Waals surface area contributed by atoms with Crippen molar-refractivity contribution in [2.75, 3.05) is 13.2 Å². The van der Waals surface area contributed by atoms with Gasteiger partial charge in [0.05, 0.1) is 4.01 Å². The lowest BCUT2D eigenvalue weighted by atomic mass is 10.3. The summed E-state index contributed by atoms with van der Waals surface area (Å²) in [7, 11) is -3.61. The van der Waals surface area contributed by atoms with Crippen molar-refractivity contribution in [3.8, 4) is 0 Å². The highest BCUT2D eigenvalue weighted by Gasteiger charge is 2.14. The Morgan fingerprint density at radius 1 is 1.35 bits per heavy atom. The minimum atomic E-state index is -3.61. The summed E-state index contributed by atoms with van der Waals surface area (Å²) in [6.45, 7) is 0.532. The molecule has 8 heteroatoms. The minimum absolute atomic E-state index is 0.182. The van der Waals surface area contributed by atoms with Crippen molar-refractivity contribution < 1.29 is 12.8 Å². The lowest BCUT2D eigenvalue weighted by Gasteiger charge is -1.97. The summed E-state index contributed by atoms with van der Waals surface area (Å²) < 4.78 is 35.3. The molecule has 0 aliphatic carbocycles. The summed E-state index contributed by atoms with van der Waals surface area (Å²) in [5.74, 6) is 0. The predicted octanol–water partition coefficient (Wildman–Crippen LogP) is 1.67. The SMILES string of the molecule is NS(=O)(=O)c1cc2cc(CNCCF)sc2s1. The molecule has 4 nitrogen and oxygen atoms in total. The molecule has 0 atom stereocenters. The van der Waals surface area contributed by atoms with E-state index < -0.39 is 16.7 Å². The summed E-state index contributed by atoms with van der Waals surface area (Å²) in [5, 5.41) is 8.87. The first-order chi connectivity index (χ1) is 8.00. The molecule has 0 aliphatic heterocycles. The van der Waals surface area contributed by atoms with E-state index in [-0.39, 0.29) is 4.21 Å². The molecule has 0 unspecified atom stereocenters. The summed E-state index contributed by atoms with van der Waals surface area (Å²) in [4.78, 5) is 1.06. The summed E-state index contributed by atoms with van der Waals surface area (Å²) in [5.41, 5.74) is 0. The Morgan fingerprint density at radius 2 is 2.12 bits per heavy atom. The summed E-state index contributed by atoms with van der Waals surface area (Å²) in [6, 6.07) is 3.47. The third-order valence-electron chi connectivity index (χ3n) is 2.09. The molecule has 0 aromatic carbocycles. The van der Waals surface area contributed by atoms with E-state index >= 15 is 0 Å². The minimum Gasteiger partial charge on any atom is -0.309 e. The average molecular weight is 294 g/mol. The van der Waals surface area contributed by atoms with Crippen molar-refractivity contribution in [2.24, 2.45) is 5.14 Å². The van der Waals surface area contributed by atoms with Crippen molar-refractivity contribution in [2.45, 2.75) is 10.8 Å². The number of rotatable bonds is 5. The van der Waals surface area contributed by atoms with Gasteiger partial charge in [-0.25, -0.2) is 17.9 Å². The highest BCUT2D eigenvalue weighted by molar-refractivity contribution is 7.91. The molecule has 2 rings (SSSR count). The number of halogens is 1. The van der Waals surface area contributed by atoms with E-state index in [1.165, 1.54) is 22.7 Å². The number of nitrogens with two attached hydrogens (primary N) is 1. The van der Waals surface area contributed by atoms with Crippen LogP contribution in [-0.2, 0) is 16.6 Å². The Balaban J connectivity index is 2.20. The van der Waals surface area contributed by atoms with Crippen LogP contribution in [0.15, 0.2) is 16.3 Å². The van der Waals surface area contributed by atoms with Crippen LogP contribution < -0.4 is 10.5 Å². The summed E-state index contributed by atoms with van der Waals surface area (Å²) >= 11 is 2.67. The van der Waals surface area contributed by atoms with Crippen molar-refractivity contribution >= 4 is 42.1 Å². The molecule has 2 aromatic rings. The predicted molar refractivity (Wildman–Crippen MR) is 68.8 cm³/mol. The number of alkyl halides is 1. The van der Waals surface area contributed by atoms with Crippen LogP contribution in [0.5, 0.6) is 0 Å². The Kier molecular flexibility index (Phi) is 3.79. The van der Waals surface area contributed by atoms with Crippen LogP contribution in [0.1, 0.15) is 4.88 Å². The Morgan fingerprint density at radius 3 is 2.71 bits per heavy atom. The smallest absolute Gasteiger partial charge is 0.247 e. The molecule has 0 amide bonds. The topological polar surface area (TPSA) is 72.2 Å². The molecule has 94 valence electrons. The molecular formula is C9H11FN2O2S3. The van der Waals surface area contributed by atoms with E-state index in [0.29, 0.717) is 13.1 Å². The molecule has 0 bridgehead atoms. The van der Waals surface area contributed by atoms with E-state index in [1.807, 2.05) is 6.07 Å². The maximum atomic E-state index is 11.9. The highest BCUT2D eigenvalue weighted by atomic mass is 32.2. The fraction of sp³-hybridized carbons (Fsp3) is 0.333. The van der Waals surface area contributed by atoms with Gasteiger partial charge >= 0.3 is 0 Å². The van der Waals surface area contributed by atoms with Gasteiger partial charge < -0.3 is 5.32 Å². The molecular weight excluding hydrogens is 283 g/mol. The molecule has 0 radical (unpaired) electrons. The number of sulfonamides is 1. The summed E-state index contributed by atoms with van der Waals surface area (Å²) in [6.07, 6.45) is 0. The third-order valence-corrected chi connectivity index (χ3v) is 5.90. The molecule has 2 aromatic heterocycles. The second-order valence-electron chi connectivity index (χ2n) is 3.43. The third kappa shape index (κ3) is 3.02. The van der Waals surface area contributed by atoms with E-state index in [0.717, 1.165) is 14.3 Å². The van der Waals surface area contributed by atoms with Gasteiger partial charge in [-0.15, -0.1) is 22.7 Å². The molecule has 0 spiro atoms. The second-order valence-corrected chi connectivity index (χ2v) is 7.67. The van der Waals surface area contributed by atoms with Crippen LogP contribution in [0.3, 0.4) is 0 Å². The number of hydrogen-bond acceptors (Lipinski definition) is 5. The number of fused-ring (bicyclic) bond motifs is 1. The molecule has 0 saturated heterocycles. The molecule has 2 heterocycles. The van der Waals surface area contributed by atoms with Gasteiger partial charge in [0.1, 0.15) is 10.9 Å². The second kappa shape index (κ2) is 4.99. The van der Waals surface area contributed by atoms with Crippen molar-refractivity contribution in [1.29, 1.82) is 0 Å². The Labute approximate surface area is 106 Å². The van der Waals surface area contributed by atoms with E-state index in [1.54, 1.807) is 6.07 Å². The molecule has 17 heavy (non-hydrogen) atoms. The molecule has 3 N–H and O–H groups in total. The fourth-order valence-electron chi connectivity index (χ4n) is 1.37. The zero-order valence-electron chi connectivity index (χ0n) is 8.77. The monoisotopic (exact) mass is 294 g/mol. The first kappa shape index (κ1) is 12.9. The van der Waals surface area contributed by atoms with Gasteiger partial charge in [-0.2, -0.15) is 0 Å². The number of nitrogens with one attached hydrogen (secondary N) is 1. The highest BCUT2D eigenvalue weighted by Crippen LogP contribution is 2.35. The fourth-order valence-corrected chi connectivity index (χ4v) is 4.73. The van der Waals surface area contributed by atoms with Crippen molar-refractivity contribution in [1.82, 2.24) is 5.32 Å². The van der Waals surface area contributed by atoms with Crippen LogP contribution in [-0.4, -0.2) is 21.6 Å². The number of primary sulfonamides is 1.